The first-order valence-corrected chi connectivity index (χ1v) is 9.01. The van der Waals surface area contributed by atoms with Gasteiger partial charge in [-0.2, -0.15) is 0 Å². The standard InChI is InChI=1S/C18H26N6O2/c1-3-19-18(21-7-6-15-5-4-14-26-15)24-12-10-23(11-13-24)16-17(25)22(2)9-8-20-16/h4-5,8-9,14H,3,6-7,10-13H2,1-2H3,(H,19,21). The summed E-state index contributed by atoms with van der Waals surface area (Å²) in [6, 6.07) is 3.86. The van der Waals surface area contributed by atoms with Crippen molar-refractivity contribution in [3.8, 4) is 0 Å². The van der Waals surface area contributed by atoms with Crippen LogP contribution >= 0.6 is 0 Å². The molecule has 1 fully saturated rings. The van der Waals surface area contributed by atoms with Crippen molar-refractivity contribution >= 4 is 11.8 Å². The van der Waals surface area contributed by atoms with Gasteiger partial charge in [0.2, 0.25) is 0 Å². The molecule has 0 aromatic carbocycles. The predicted molar refractivity (Wildman–Crippen MR) is 102 cm³/mol. The SMILES string of the molecule is CCNC(=NCCc1ccco1)N1CCN(c2nccn(C)c2=O)CC1. The minimum absolute atomic E-state index is 0.0556. The number of nitrogens with zero attached hydrogens (tertiary/aromatic N) is 5. The molecule has 0 amide bonds. The fraction of sp³-hybridized carbons (Fsp3) is 0.500. The first-order chi connectivity index (χ1) is 12.7. The van der Waals surface area contributed by atoms with Crippen molar-refractivity contribution in [3.63, 3.8) is 0 Å². The monoisotopic (exact) mass is 358 g/mol. The average molecular weight is 358 g/mol. The smallest absolute Gasteiger partial charge is 0.293 e. The number of hydrogen-bond acceptors (Lipinski definition) is 5. The Morgan fingerprint density at radius 3 is 2.85 bits per heavy atom. The normalized spacial score (nSPS) is 15.4. The second-order valence-corrected chi connectivity index (χ2v) is 6.21. The van der Waals surface area contributed by atoms with Crippen LogP contribution in [0.3, 0.4) is 0 Å². The lowest BCUT2D eigenvalue weighted by Gasteiger charge is -2.36. The van der Waals surface area contributed by atoms with Crippen LogP contribution in [0.2, 0.25) is 0 Å². The van der Waals surface area contributed by atoms with Crippen molar-refractivity contribution < 1.29 is 4.42 Å². The van der Waals surface area contributed by atoms with Gasteiger partial charge in [0, 0.05) is 65.1 Å². The average Bonchev–Trinajstić information content (AvgIpc) is 3.17. The molecule has 3 rings (SSSR count). The third kappa shape index (κ3) is 4.25. The highest BCUT2D eigenvalue weighted by Gasteiger charge is 2.22. The number of piperazine rings is 1. The van der Waals surface area contributed by atoms with Crippen LogP contribution in [-0.4, -0.2) is 59.7 Å². The molecule has 1 aliphatic heterocycles. The molecule has 1 N–H and O–H groups in total. The van der Waals surface area contributed by atoms with Crippen LogP contribution in [0.4, 0.5) is 5.82 Å². The van der Waals surface area contributed by atoms with Crippen LogP contribution in [0.1, 0.15) is 12.7 Å². The molecule has 1 saturated heterocycles. The molecule has 0 spiro atoms. The molecule has 140 valence electrons. The largest absolute Gasteiger partial charge is 0.469 e. The molecule has 2 aromatic rings. The lowest BCUT2D eigenvalue weighted by atomic mass is 10.3. The van der Waals surface area contributed by atoms with E-state index in [9.17, 15) is 4.79 Å². The number of nitrogens with one attached hydrogen (secondary N) is 1. The summed E-state index contributed by atoms with van der Waals surface area (Å²) >= 11 is 0. The number of aryl methyl sites for hydroxylation is 1. The van der Waals surface area contributed by atoms with Crippen LogP contribution in [0.25, 0.3) is 0 Å². The van der Waals surface area contributed by atoms with E-state index in [0.717, 1.165) is 50.9 Å². The summed E-state index contributed by atoms with van der Waals surface area (Å²) in [6.45, 7) is 6.65. The van der Waals surface area contributed by atoms with Gasteiger partial charge in [0.25, 0.3) is 5.56 Å². The van der Waals surface area contributed by atoms with Gasteiger partial charge in [-0.3, -0.25) is 9.79 Å². The Bertz CT molecular complexity index is 775. The van der Waals surface area contributed by atoms with Crippen LogP contribution in [-0.2, 0) is 13.5 Å². The van der Waals surface area contributed by atoms with Gasteiger partial charge in [0.05, 0.1) is 6.26 Å². The zero-order valence-corrected chi connectivity index (χ0v) is 15.4. The number of furan rings is 1. The van der Waals surface area contributed by atoms with Crippen LogP contribution in [0, 0.1) is 0 Å². The van der Waals surface area contributed by atoms with E-state index in [1.807, 2.05) is 17.0 Å². The van der Waals surface area contributed by atoms with Crippen molar-refractivity contribution in [1.29, 1.82) is 0 Å². The van der Waals surface area contributed by atoms with E-state index in [0.29, 0.717) is 12.4 Å². The predicted octanol–water partition coefficient (Wildman–Crippen LogP) is 0.703. The topological polar surface area (TPSA) is 78.9 Å². The van der Waals surface area contributed by atoms with Gasteiger partial charge in [-0.15, -0.1) is 0 Å². The van der Waals surface area contributed by atoms with E-state index in [2.05, 4.69) is 22.1 Å². The Morgan fingerprint density at radius 1 is 1.35 bits per heavy atom. The van der Waals surface area contributed by atoms with E-state index in [4.69, 9.17) is 9.41 Å². The molecule has 2 aromatic heterocycles. The van der Waals surface area contributed by atoms with Crippen molar-refractivity contribution in [2.24, 2.45) is 12.0 Å². The summed E-state index contributed by atoms with van der Waals surface area (Å²) in [6.07, 6.45) is 5.82. The highest BCUT2D eigenvalue weighted by molar-refractivity contribution is 5.80. The molecule has 0 bridgehead atoms. The fourth-order valence-electron chi connectivity index (χ4n) is 2.98. The van der Waals surface area contributed by atoms with E-state index < -0.39 is 0 Å². The van der Waals surface area contributed by atoms with Gasteiger partial charge in [-0.05, 0) is 19.1 Å². The number of guanidine groups is 1. The third-order valence-corrected chi connectivity index (χ3v) is 4.41. The molecule has 8 nitrogen and oxygen atoms in total. The van der Waals surface area contributed by atoms with Gasteiger partial charge in [0.15, 0.2) is 11.8 Å². The second-order valence-electron chi connectivity index (χ2n) is 6.21. The quantitative estimate of drug-likeness (QED) is 0.626. The summed E-state index contributed by atoms with van der Waals surface area (Å²) in [5, 5.41) is 3.35. The van der Waals surface area contributed by atoms with Crippen molar-refractivity contribution in [3.05, 3.63) is 46.9 Å². The van der Waals surface area contributed by atoms with E-state index in [1.54, 1.807) is 30.3 Å². The minimum atomic E-state index is -0.0556. The Labute approximate surface area is 153 Å². The summed E-state index contributed by atoms with van der Waals surface area (Å²) in [4.78, 5) is 25.5. The molecule has 0 unspecified atom stereocenters. The molecule has 8 heteroatoms. The highest BCUT2D eigenvalue weighted by atomic mass is 16.3. The fourth-order valence-corrected chi connectivity index (χ4v) is 2.98. The third-order valence-electron chi connectivity index (χ3n) is 4.41. The summed E-state index contributed by atoms with van der Waals surface area (Å²) in [7, 11) is 1.75. The number of aromatic nitrogens is 2. The van der Waals surface area contributed by atoms with E-state index in [-0.39, 0.29) is 5.56 Å². The Hall–Kier alpha value is -2.77. The molecule has 0 radical (unpaired) electrons. The van der Waals surface area contributed by atoms with E-state index in [1.165, 1.54) is 0 Å². The summed E-state index contributed by atoms with van der Waals surface area (Å²) in [5.74, 6) is 2.38. The van der Waals surface area contributed by atoms with Crippen LogP contribution < -0.4 is 15.8 Å². The Balaban J connectivity index is 1.60. The van der Waals surface area contributed by atoms with Gasteiger partial charge in [0.1, 0.15) is 5.76 Å². The number of anilines is 1. The van der Waals surface area contributed by atoms with Crippen molar-refractivity contribution in [1.82, 2.24) is 19.8 Å². The molecule has 26 heavy (non-hydrogen) atoms. The van der Waals surface area contributed by atoms with Crippen molar-refractivity contribution in [2.45, 2.75) is 13.3 Å². The van der Waals surface area contributed by atoms with E-state index >= 15 is 0 Å². The van der Waals surface area contributed by atoms with Crippen LogP contribution in [0.15, 0.2) is 45.0 Å². The molecule has 0 aliphatic carbocycles. The number of rotatable bonds is 5. The number of aliphatic imine (C=N–C) groups is 1. The Kier molecular flexibility index (Phi) is 5.93. The maximum absolute atomic E-state index is 12.2. The lowest BCUT2D eigenvalue weighted by molar-refractivity contribution is 0.370. The minimum Gasteiger partial charge on any atom is -0.469 e. The van der Waals surface area contributed by atoms with Gasteiger partial charge < -0.3 is 24.1 Å². The first-order valence-electron chi connectivity index (χ1n) is 9.01. The maximum Gasteiger partial charge on any atom is 0.293 e. The Morgan fingerprint density at radius 2 is 2.15 bits per heavy atom. The molecule has 0 saturated carbocycles. The van der Waals surface area contributed by atoms with Gasteiger partial charge in [-0.25, -0.2) is 4.98 Å². The molecule has 3 heterocycles. The summed E-state index contributed by atoms with van der Waals surface area (Å²) in [5.41, 5.74) is -0.0556. The highest BCUT2D eigenvalue weighted by Crippen LogP contribution is 2.09. The van der Waals surface area contributed by atoms with Crippen LogP contribution in [0.5, 0.6) is 0 Å². The lowest BCUT2D eigenvalue weighted by Crippen LogP contribution is -2.53. The van der Waals surface area contributed by atoms with Crippen molar-refractivity contribution in [2.75, 3.05) is 44.2 Å². The zero-order chi connectivity index (χ0) is 18.4. The molecule has 0 atom stereocenters. The summed E-state index contributed by atoms with van der Waals surface area (Å²) < 4.78 is 6.92. The first kappa shape index (κ1) is 18.0. The molecular weight excluding hydrogens is 332 g/mol. The molecule has 1 aliphatic rings. The van der Waals surface area contributed by atoms with Gasteiger partial charge >= 0.3 is 0 Å². The van der Waals surface area contributed by atoms with Gasteiger partial charge in [-0.1, -0.05) is 0 Å². The molecular formula is C18H26N6O2. The second kappa shape index (κ2) is 8.55. The zero-order valence-electron chi connectivity index (χ0n) is 15.4. The number of hydrogen-bond donors (Lipinski definition) is 1. The maximum atomic E-state index is 12.2.